The van der Waals surface area contributed by atoms with Crippen LogP contribution in [0.2, 0.25) is 0 Å². The number of aliphatic carboxylic acids is 1. The van der Waals surface area contributed by atoms with E-state index < -0.39 is 60.2 Å². The normalized spacial score (nSPS) is 13.9. The molecule has 4 amide bonds. The van der Waals surface area contributed by atoms with Crippen LogP contribution in [0.3, 0.4) is 0 Å². The maximum atomic E-state index is 13.4. The molecule has 4 rings (SSSR count). The van der Waals surface area contributed by atoms with E-state index in [9.17, 15) is 29.1 Å². The molecular weight excluding hydrogens is 592 g/mol. The molecule has 2 aromatic carbocycles. The smallest absolute Gasteiger partial charge is 0.326 e. The Balaban J connectivity index is 1.45. The Hall–Kier alpha value is -5.21. The van der Waals surface area contributed by atoms with E-state index in [4.69, 9.17) is 17.2 Å². The number of primary amides is 1. The summed E-state index contributed by atoms with van der Waals surface area (Å²) in [5.41, 5.74) is 20.4. The summed E-state index contributed by atoms with van der Waals surface area (Å²) in [5, 5.41) is 19.2. The highest BCUT2D eigenvalue weighted by atomic mass is 16.4. The van der Waals surface area contributed by atoms with Crippen LogP contribution < -0.4 is 33.2 Å². The first-order valence-electron chi connectivity index (χ1n) is 15.0. The first-order valence-corrected chi connectivity index (χ1v) is 15.0. The van der Waals surface area contributed by atoms with Gasteiger partial charge in [-0.25, -0.2) is 4.79 Å². The summed E-state index contributed by atoms with van der Waals surface area (Å²) in [6.45, 7) is 0.343. The summed E-state index contributed by atoms with van der Waals surface area (Å²) in [7, 11) is 0. The largest absolute Gasteiger partial charge is 0.480 e. The topological polar surface area (TPSA) is 251 Å². The fraction of sp³-hybridized carbons (Fsp3) is 0.344. The van der Waals surface area contributed by atoms with Crippen LogP contribution in [0, 0.1) is 0 Å². The third-order valence-corrected chi connectivity index (χ3v) is 7.78. The molecule has 2 heterocycles. The van der Waals surface area contributed by atoms with Crippen molar-refractivity contribution in [2.45, 2.75) is 62.7 Å². The van der Waals surface area contributed by atoms with Crippen molar-refractivity contribution in [3.05, 3.63) is 72.1 Å². The number of fused-ring (bicyclic) bond motifs is 2. The van der Waals surface area contributed by atoms with Crippen molar-refractivity contribution in [1.82, 2.24) is 25.9 Å². The Morgan fingerprint density at radius 2 is 1.24 bits per heavy atom. The Bertz CT molecular complexity index is 1700. The van der Waals surface area contributed by atoms with E-state index in [1.165, 1.54) is 0 Å². The number of nitrogens with two attached hydrogens (primary N) is 3. The average Bonchev–Trinajstić information content (AvgIpc) is 3.63. The number of hydrogen-bond acceptors (Lipinski definition) is 7. The minimum Gasteiger partial charge on any atom is -0.480 e. The lowest BCUT2D eigenvalue weighted by Crippen LogP contribution is -2.58. The van der Waals surface area contributed by atoms with E-state index in [-0.39, 0.29) is 19.3 Å². The van der Waals surface area contributed by atoms with Crippen LogP contribution in [0.15, 0.2) is 60.9 Å². The molecule has 0 bridgehead atoms. The van der Waals surface area contributed by atoms with Gasteiger partial charge in [-0.1, -0.05) is 36.4 Å². The van der Waals surface area contributed by atoms with Crippen LogP contribution in [0.4, 0.5) is 0 Å². The van der Waals surface area contributed by atoms with E-state index in [1.54, 1.807) is 12.4 Å². The first kappa shape index (κ1) is 33.7. The van der Waals surface area contributed by atoms with Gasteiger partial charge in [-0.05, 0) is 55.5 Å². The highest BCUT2D eigenvalue weighted by Gasteiger charge is 2.31. The molecular formula is C32H40N8O6. The summed E-state index contributed by atoms with van der Waals surface area (Å²) in [4.78, 5) is 70.1. The zero-order valence-corrected chi connectivity index (χ0v) is 25.3. The van der Waals surface area contributed by atoms with Gasteiger partial charge in [0.15, 0.2) is 0 Å². The SMILES string of the molecule is NCCCCC(NC(=O)C(CC(N)=O)NC(=O)C(N)Cc1c[nH]c2ccccc12)C(=O)NC(Cc1c[nH]c2ccccc12)C(=O)O. The monoisotopic (exact) mass is 632 g/mol. The average molecular weight is 633 g/mol. The van der Waals surface area contributed by atoms with E-state index in [0.717, 1.165) is 27.4 Å². The third-order valence-electron chi connectivity index (χ3n) is 7.78. The number of unbranched alkanes of at least 4 members (excludes halogenated alkanes) is 1. The summed E-state index contributed by atoms with van der Waals surface area (Å²) in [6, 6.07) is 9.91. The molecule has 4 unspecified atom stereocenters. The molecule has 4 atom stereocenters. The molecule has 0 aliphatic rings. The number of hydrogen-bond donors (Lipinski definition) is 9. The van der Waals surface area contributed by atoms with E-state index in [0.29, 0.717) is 24.9 Å². The second-order valence-corrected chi connectivity index (χ2v) is 11.2. The standard InChI is InChI=1S/C32H40N8O6/c33-12-6-5-11-25(30(43)40-27(32(45)46)14-19-17-37-24-10-4-2-8-21(19)24)38-31(44)26(15-28(35)41)39-29(42)22(34)13-18-16-36-23-9-3-1-7-20(18)23/h1-4,7-10,16-17,22,25-27,36-37H,5-6,11-15,33-34H2,(H2,35,41)(H,38,44)(H,39,42)(H,40,43)(H,45,46). The van der Waals surface area contributed by atoms with Gasteiger partial charge in [0.05, 0.1) is 12.5 Å². The van der Waals surface area contributed by atoms with Crippen LogP contribution in [0.5, 0.6) is 0 Å². The van der Waals surface area contributed by atoms with Gasteiger partial charge in [0.25, 0.3) is 0 Å². The lowest BCUT2D eigenvalue weighted by Gasteiger charge is -2.25. The summed E-state index contributed by atoms with van der Waals surface area (Å²) in [6.07, 6.45) is 4.14. The van der Waals surface area contributed by atoms with E-state index in [1.807, 2.05) is 48.5 Å². The first-order chi connectivity index (χ1) is 22.1. The lowest BCUT2D eigenvalue weighted by molar-refractivity contribution is -0.142. The summed E-state index contributed by atoms with van der Waals surface area (Å²) >= 11 is 0. The number of para-hydroxylation sites is 2. The Kier molecular flexibility index (Phi) is 11.5. The molecule has 0 saturated heterocycles. The van der Waals surface area contributed by atoms with Gasteiger partial charge in [0, 0.05) is 40.6 Å². The lowest BCUT2D eigenvalue weighted by atomic mass is 10.0. The second-order valence-electron chi connectivity index (χ2n) is 11.2. The van der Waals surface area contributed by atoms with Crippen molar-refractivity contribution in [3.63, 3.8) is 0 Å². The third kappa shape index (κ3) is 8.70. The van der Waals surface area contributed by atoms with Gasteiger partial charge in [-0.15, -0.1) is 0 Å². The number of carbonyl (C=O) groups excluding carboxylic acids is 4. The number of benzene rings is 2. The molecule has 244 valence electrons. The maximum Gasteiger partial charge on any atom is 0.326 e. The van der Waals surface area contributed by atoms with Crippen molar-refractivity contribution in [2.75, 3.05) is 6.54 Å². The molecule has 0 radical (unpaired) electrons. The zero-order valence-electron chi connectivity index (χ0n) is 25.3. The van der Waals surface area contributed by atoms with Crippen molar-refractivity contribution < 1.29 is 29.1 Å². The van der Waals surface area contributed by atoms with Crippen LogP contribution in [-0.2, 0) is 36.8 Å². The number of aromatic nitrogens is 2. The highest BCUT2D eigenvalue weighted by Crippen LogP contribution is 2.20. The van der Waals surface area contributed by atoms with Gasteiger partial charge in [-0.2, -0.15) is 0 Å². The Labute approximate surface area is 264 Å². The summed E-state index contributed by atoms with van der Waals surface area (Å²) in [5.74, 6) is -4.39. The molecule has 14 nitrogen and oxygen atoms in total. The molecule has 0 saturated carbocycles. The van der Waals surface area contributed by atoms with E-state index in [2.05, 4.69) is 25.9 Å². The van der Waals surface area contributed by atoms with Crippen LogP contribution in [0.1, 0.15) is 36.8 Å². The van der Waals surface area contributed by atoms with Crippen LogP contribution in [-0.4, -0.2) is 75.4 Å². The number of carboxylic acid groups (broad SMARTS) is 1. The number of rotatable bonds is 17. The number of H-pyrrole nitrogens is 2. The van der Waals surface area contributed by atoms with Crippen molar-refractivity contribution >= 4 is 51.4 Å². The molecule has 0 spiro atoms. The predicted octanol–water partition coefficient (Wildman–Crippen LogP) is 0.305. The second kappa shape index (κ2) is 15.7. The molecule has 14 heteroatoms. The Morgan fingerprint density at radius 3 is 1.80 bits per heavy atom. The van der Waals surface area contributed by atoms with Crippen molar-refractivity contribution in [2.24, 2.45) is 17.2 Å². The zero-order chi connectivity index (χ0) is 33.2. The minimum absolute atomic E-state index is 0.0107. The molecule has 12 N–H and O–H groups in total. The van der Waals surface area contributed by atoms with Crippen LogP contribution in [0.25, 0.3) is 21.8 Å². The molecule has 46 heavy (non-hydrogen) atoms. The highest BCUT2D eigenvalue weighted by molar-refractivity contribution is 5.96. The number of nitrogens with one attached hydrogen (secondary N) is 5. The van der Waals surface area contributed by atoms with Gasteiger partial charge >= 0.3 is 5.97 Å². The number of aromatic amines is 2. The molecule has 4 aromatic rings. The molecule has 0 aliphatic heterocycles. The quantitative estimate of drug-likeness (QED) is 0.0731. The number of carboxylic acids is 1. The van der Waals surface area contributed by atoms with Gasteiger partial charge in [0.1, 0.15) is 18.1 Å². The maximum absolute atomic E-state index is 13.4. The minimum atomic E-state index is -1.43. The number of amides is 4. The Morgan fingerprint density at radius 1 is 0.717 bits per heavy atom. The molecule has 2 aromatic heterocycles. The van der Waals surface area contributed by atoms with E-state index >= 15 is 0 Å². The van der Waals surface area contributed by atoms with Gasteiger partial charge in [-0.3, -0.25) is 19.2 Å². The predicted molar refractivity (Wildman–Crippen MR) is 172 cm³/mol. The fourth-order valence-electron chi connectivity index (χ4n) is 5.35. The van der Waals surface area contributed by atoms with Gasteiger partial charge in [0.2, 0.25) is 23.6 Å². The fourth-order valence-corrected chi connectivity index (χ4v) is 5.35. The summed E-state index contributed by atoms with van der Waals surface area (Å²) < 4.78 is 0. The van der Waals surface area contributed by atoms with Crippen LogP contribution >= 0.6 is 0 Å². The molecule has 0 fully saturated rings. The van der Waals surface area contributed by atoms with Crippen molar-refractivity contribution in [3.8, 4) is 0 Å². The number of carbonyl (C=O) groups is 5. The molecule has 0 aliphatic carbocycles. The van der Waals surface area contributed by atoms with Gasteiger partial charge < -0.3 is 48.2 Å². The van der Waals surface area contributed by atoms with Crippen molar-refractivity contribution in [1.29, 1.82) is 0 Å².